The number of pyridine rings is 2. The van der Waals surface area contributed by atoms with Crippen LogP contribution in [0.5, 0.6) is 5.75 Å². The fourth-order valence-corrected chi connectivity index (χ4v) is 4.57. The van der Waals surface area contributed by atoms with Crippen molar-refractivity contribution in [2.24, 2.45) is 15.1 Å². The highest BCUT2D eigenvalue weighted by atomic mass is 127. The minimum atomic E-state index is 0.0972. The van der Waals surface area contributed by atoms with Gasteiger partial charge < -0.3 is 15.5 Å². The van der Waals surface area contributed by atoms with Crippen LogP contribution in [-0.4, -0.2) is 55.1 Å². The lowest BCUT2D eigenvalue weighted by Gasteiger charge is -2.16. The molecule has 0 fully saturated rings. The lowest BCUT2D eigenvalue weighted by Crippen LogP contribution is -2.30. The Bertz CT molecular complexity index is 1500. The molecule has 0 bridgehead atoms. The molecular formula is C29H26IN7O2. The van der Waals surface area contributed by atoms with Gasteiger partial charge >= 0.3 is 0 Å². The lowest BCUT2D eigenvalue weighted by atomic mass is 10.1. The third kappa shape index (κ3) is 7.03. The van der Waals surface area contributed by atoms with E-state index < -0.39 is 0 Å². The van der Waals surface area contributed by atoms with Gasteiger partial charge in [-0.05, 0) is 65.6 Å². The summed E-state index contributed by atoms with van der Waals surface area (Å²) in [5.41, 5.74) is 9.94. The van der Waals surface area contributed by atoms with Crippen molar-refractivity contribution in [1.82, 2.24) is 15.4 Å². The smallest absolute Gasteiger partial charge is 0.239 e. The molecule has 9 nitrogen and oxygen atoms in total. The second-order valence-corrected chi connectivity index (χ2v) is 10.3. The van der Waals surface area contributed by atoms with Gasteiger partial charge in [0.15, 0.2) is 0 Å². The number of rotatable bonds is 8. The Kier molecular flexibility index (Phi) is 8.54. The molecule has 0 aliphatic carbocycles. The molecule has 3 heterocycles. The number of nitrogens with one attached hydrogen (secondary N) is 2. The van der Waals surface area contributed by atoms with Gasteiger partial charge in [-0.3, -0.25) is 9.97 Å². The number of phenolic OH excluding ortho intramolecular Hbond substituents is 1. The number of guanidine groups is 1. The van der Waals surface area contributed by atoms with Crippen LogP contribution in [0, 0.1) is 0 Å². The fourth-order valence-electron chi connectivity index (χ4n) is 3.91. The number of aliphatic imine (C=N–C) groups is 2. The molecule has 4 N–H and O–H groups in total. The number of benzene rings is 2. The van der Waals surface area contributed by atoms with E-state index in [1.807, 2.05) is 60.7 Å². The minimum absolute atomic E-state index is 0.0972. The molecule has 196 valence electrons. The number of alkyl halides is 1. The highest BCUT2D eigenvalue weighted by Gasteiger charge is 2.20. The summed E-state index contributed by atoms with van der Waals surface area (Å²) in [7, 11) is 0. The minimum Gasteiger partial charge on any atom is -0.508 e. The molecule has 39 heavy (non-hydrogen) atoms. The number of aliphatic hydroxyl groups is 1. The predicted octanol–water partition coefficient (Wildman–Crippen LogP) is 4.71. The van der Waals surface area contributed by atoms with E-state index in [1.165, 1.54) is 0 Å². The quantitative estimate of drug-likeness (QED) is 0.0966. The molecule has 1 aliphatic heterocycles. The molecule has 0 spiro atoms. The number of anilines is 2. The molecule has 10 heteroatoms. The number of hydrogen-bond acceptors (Lipinski definition) is 9. The number of hydrazone groups is 1. The maximum Gasteiger partial charge on any atom is 0.239 e. The first-order valence-electron chi connectivity index (χ1n) is 12.3. The number of phenols is 1. The van der Waals surface area contributed by atoms with E-state index in [-0.39, 0.29) is 16.3 Å². The SMILES string of the molecule is OCCc1ccc(C2=NC(N/N=C/c3ccc(Nc4ccc(-c5cccc(O)c5)cc4)cn3)=NCC2I)nc1. The zero-order valence-corrected chi connectivity index (χ0v) is 23.0. The van der Waals surface area contributed by atoms with Crippen LogP contribution in [0.2, 0.25) is 0 Å². The average molecular weight is 631 g/mol. The zero-order valence-electron chi connectivity index (χ0n) is 20.9. The molecular weight excluding hydrogens is 605 g/mol. The third-order valence-corrected chi connectivity index (χ3v) is 6.90. The Balaban J connectivity index is 1.17. The molecule has 5 rings (SSSR count). The van der Waals surface area contributed by atoms with Crippen molar-refractivity contribution in [3.63, 3.8) is 0 Å². The first-order chi connectivity index (χ1) is 19.1. The number of nitrogens with zero attached hydrogens (tertiary/aromatic N) is 5. The van der Waals surface area contributed by atoms with Crippen LogP contribution in [0.15, 0.2) is 100 Å². The Morgan fingerprint density at radius 1 is 0.949 bits per heavy atom. The fraction of sp³-hybridized carbons (Fsp3) is 0.138. The molecule has 1 aliphatic rings. The lowest BCUT2D eigenvalue weighted by molar-refractivity contribution is 0.299. The van der Waals surface area contributed by atoms with Gasteiger partial charge in [0.25, 0.3) is 0 Å². The average Bonchev–Trinajstić information content (AvgIpc) is 2.96. The van der Waals surface area contributed by atoms with Gasteiger partial charge in [-0.15, -0.1) is 0 Å². The van der Waals surface area contributed by atoms with Gasteiger partial charge in [-0.25, -0.2) is 15.4 Å². The number of halogens is 1. The maximum atomic E-state index is 9.70. The van der Waals surface area contributed by atoms with Gasteiger partial charge in [-0.2, -0.15) is 5.10 Å². The summed E-state index contributed by atoms with van der Waals surface area (Å²) in [5, 5.41) is 26.4. The Hall–Kier alpha value is -4.16. The number of aromatic hydroxyl groups is 1. The van der Waals surface area contributed by atoms with Gasteiger partial charge in [0.05, 0.1) is 45.7 Å². The Labute approximate surface area is 239 Å². The topological polar surface area (TPSA) is 127 Å². The number of aliphatic hydroxyl groups excluding tert-OH is 1. The monoisotopic (exact) mass is 631 g/mol. The van der Waals surface area contributed by atoms with E-state index in [1.54, 1.807) is 30.7 Å². The standard InChI is InChI=1S/C29H26IN7O2/c30-26-18-33-29(36-28(26)27-11-4-19(12-13-38)15-32-27)37-34-17-23-9-10-24(16-31-23)35-22-7-5-20(6-8-22)21-2-1-3-25(39)14-21/h1-11,14-17,26,35,38-39H,12-13,18H2,(H,33,37)/b34-17+. The van der Waals surface area contributed by atoms with Crippen LogP contribution in [0.25, 0.3) is 11.1 Å². The molecule has 2 aromatic carbocycles. The second kappa shape index (κ2) is 12.6. The summed E-state index contributed by atoms with van der Waals surface area (Å²) in [6.07, 6.45) is 5.70. The molecule has 4 aromatic rings. The Morgan fingerprint density at radius 3 is 2.51 bits per heavy atom. The number of aromatic nitrogens is 2. The highest BCUT2D eigenvalue weighted by molar-refractivity contribution is 14.1. The van der Waals surface area contributed by atoms with Crippen LogP contribution in [0.4, 0.5) is 11.4 Å². The van der Waals surface area contributed by atoms with E-state index in [2.05, 4.69) is 58.4 Å². The normalized spacial score (nSPS) is 15.1. The summed E-state index contributed by atoms with van der Waals surface area (Å²) in [6, 6.07) is 22.8. The van der Waals surface area contributed by atoms with E-state index in [0.29, 0.717) is 24.6 Å². The summed E-state index contributed by atoms with van der Waals surface area (Å²) in [4.78, 5) is 18.0. The Morgan fingerprint density at radius 2 is 1.79 bits per heavy atom. The van der Waals surface area contributed by atoms with Crippen LogP contribution in [-0.2, 0) is 6.42 Å². The van der Waals surface area contributed by atoms with Crippen molar-refractivity contribution in [2.75, 3.05) is 18.5 Å². The molecule has 0 saturated heterocycles. The van der Waals surface area contributed by atoms with Gasteiger partial charge in [0, 0.05) is 18.5 Å². The number of hydrogen-bond donors (Lipinski definition) is 4. The van der Waals surface area contributed by atoms with Crippen molar-refractivity contribution in [2.45, 2.75) is 10.3 Å². The molecule has 2 aromatic heterocycles. The van der Waals surface area contributed by atoms with Gasteiger partial charge in [-0.1, -0.05) is 52.9 Å². The van der Waals surface area contributed by atoms with Crippen molar-refractivity contribution in [3.05, 3.63) is 102 Å². The molecule has 1 atom stereocenters. The highest BCUT2D eigenvalue weighted by Crippen LogP contribution is 2.25. The van der Waals surface area contributed by atoms with Crippen LogP contribution in [0.3, 0.4) is 0 Å². The predicted molar refractivity (Wildman–Crippen MR) is 163 cm³/mol. The van der Waals surface area contributed by atoms with Gasteiger partial charge in [0.1, 0.15) is 5.75 Å². The first-order valence-corrected chi connectivity index (χ1v) is 13.6. The summed E-state index contributed by atoms with van der Waals surface area (Å²) >= 11 is 2.31. The summed E-state index contributed by atoms with van der Waals surface area (Å²) < 4.78 is 0.109. The van der Waals surface area contributed by atoms with Crippen molar-refractivity contribution in [3.8, 4) is 16.9 Å². The molecule has 0 saturated carbocycles. The van der Waals surface area contributed by atoms with E-state index in [4.69, 9.17) is 5.11 Å². The largest absolute Gasteiger partial charge is 0.508 e. The van der Waals surface area contributed by atoms with Gasteiger partial charge in [0.2, 0.25) is 5.96 Å². The molecule has 0 radical (unpaired) electrons. The van der Waals surface area contributed by atoms with Crippen molar-refractivity contribution in [1.29, 1.82) is 0 Å². The molecule has 0 amide bonds. The summed E-state index contributed by atoms with van der Waals surface area (Å²) in [6.45, 7) is 0.671. The van der Waals surface area contributed by atoms with Crippen LogP contribution in [0.1, 0.15) is 17.0 Å². The van der Waals surface area contributed by atoms with E-state index in [0.717, 1.165) is 39.5 Å². The van der Waals surface area contributed by atoms with E-state index in [9.17, 15) is 5.11 Å². The maximum absolute atomic E-state index is 9.70. The van der Waals surface area contributed by atoms with Crippen molar-refractivity contribution < 1.29 is 10.2 Å². The first kappa shape index (κ1) is 26.4. The zero-order chi connectivity index (χ0) is 27.0. The van der Waals surface area contributed by atoms with Crippen LogP contribution >= 0.6 is 22.6 Å². The third-order valence-electron chi connectivity index (χ3n) is 5.91. The second-order valence-electron chi connectivity index (χ2n) is 8.75. The van der Waals surface area contributed by atoms with E-state index >= 15 is 0 Å². The van der Waals surface area contributed by atoms with Crippen LogP contribution < -0.4 is 10.7 Å². The molecule has 1 unspecified atom stereocenters. The summed E-state index contributed by atoms with van der Waals surface area (Å²) in [5.74, 6) is 0.666. The van der Waals surface area contributed by atoms with Crippen molar-refractivity contribution >= 4 is 51.9 Å².